The zero-order valence-corrected chi connectivity index (χ0v) is 14.9. The third-order valence-electron chi connectivity index (χ3n) is 4.06. The molecular weight excluding hydrogens is 332 g/mol. The predicted molar refractivity (Wildman–Crippen MR) is 95.4 cm³/mol. The van der Waals surface area contributed by atoms with Gasteiger partial charge in [0.05, 0.1) is 18.3 Å². The van der Waals surface area contributed by atoms with Gasteiger partial charge < -0.3 is 20.1 Å². The Morgan fingerprint density at radius 1 is 1.48 bits per heavy atom. The third-order valence-corrected chi connectivity index (χ3v) is 5.22. The van der Waals surface area contributed by atoms with Crippen LogP contribution in [0.5, 0.6) is 0 Å². The summed E-state index contributed by atoms with van der Waals surface area (Å²) in [7, 11) is 0. The van der Waals surface area contributed by atoms with Gasteiger partial charge >= 0.3 is 5.97 Å². The van der Waals surface area contributed by atoms with E-state index in [1.807, 2.05) is 6.92 Å². The molecule has 7 heteroatoms. The summed E-state index contributed by atoms with van der Waals surface area (Å²) < 4.78 is 10.8. The number of carbonyl (C=O) groups excluding carboxylic acids is 1. The topological polar surface area (TPSA) is 59.6 Å². The second kappa shape index (κ2) is 7.59. The Balaban J connectivity index is 1.64. The van der Waals surface area contributed by atoms with Gasteiger partial charge in [-0.25, -0.2) is 4.79 Å². The van der Waals surface area contributed by atoms with Gasteiger partial charge in [0.25, 0.3) is 0 Å². The number of hydrogen-bond donors (Lipinski definition) is 2. The quantitative estimate of drug-likeness (QED) is 0.604. The molecule has 1 aromatic rings. The number of nitrogens with one attached hydrogen (secondary N) is 2. The standard InChI is InChI=1S/C16H22N2O3S2/c1-2-20-15(19)13-12(10-5-6-10)9-23-14(13)18-16(22)17-8-11-4-3-7-21-11/h9-11H,2-8H2,1H3,(H2,17,18,22). The number of thiophene rings is 1. The lowest BCUT2D eigenvalue weighted by atomic mass is 10.1. The highest BCUT2D eigenvalue weighted by molar-refractivity contribution is 7.80. The first kappa shape index (κ1) is 16.7. The number of rotatable bonds is 6. The van der Waals surface area contributed by atoms with Crippen molar-refractivity contribution in [1.82, 2.24) is 5.32 Å². The lowest BCUT2D eigenvalue weighted by Gasteiger charge is -2.14. The third kappa shape index (κ3) is 4.22. The molecule has 1 aliphatic heterocycles. The second-order valence-electron chi connectivity index (χ2n) is 5.86. The van der Waals surface area contributed by atoms with Crippen molar-refractivity contribution in [3.05, 3.63) is 16.5 Å². The number of thiocarbonyl (C=S) groups is 1. The number of ether oxygens (including phenoxy) is 2. The van der Waals surface area contributed by atoms with Crippen LogP contribution in [0.3, 0.4) is 0 Å². The van der Waals surface area contributed by atoms with Crippen LogP contribution in [0.25, 0.3) is 0 Å². The summed E-state index contributed by atoms with van der Waals surface area (Å²) in [6.45, 7) is 3.72. The van der Waals surface area contributed by atoms with Crippen molar-refractivity contribution < 1.29 is 14.3 Å². The largest absolute Gasteiger partial charge is 0.462 e. The molecular formula is C16H22N2O3S2. The summed E-state index contributed by atoms with van der Waals surface area (Å²) in [5.74, 6) is 0.231. The molecule has 0 radical (unpaired) electrons. The van der Waals surface area contributed by atoms with Crippen LogP contribution >= 0.6 is 23.6 Å². The van der Waals surface area contributed by atoms with Gasteiger partial charge in [-0.2, -0.15) is 0 Å². The normalized spacial score (nSPS) is 20.3. The molecule has 1 aliphatic carbocycles. The first-order chi connectivity index (χ1) is 11.2. The molecule has 1 unspecified atom stereocenters. The predicted octanol–water partition coefficient (Wildman–Crippen LogP) is 3.27. The van der Waals surface area contributed by atoms with Crippen LogP contribution in [0.4, 0.5) is 5.00 Å². The van der Waals surface area contributed by atoms with E-state index in [9.17, 15) is 4.79 Å². The van der Waals surface area contributed by atoms with Crippen molar-refractivity contribution in [2.45, 2.75) is 44.6 Å². The molecule has 0 bridgehead atoms. The maximum atomic E-state index is 12.3. The molecule has 5 nitrogen and oxygen atoms in total. The zero-order valence-electron chi connectivity index (χ0n) is 13.2. The Labute approximate surface area is 145 Å². The molecule has 1 atom stereocenters. The Kier molecular flexibility index (Phi) is 5.50. The molecule has 2 heterocycles. The first-order valence-corrected chi connectivity index (χ1v) is 9.42. The van der Waals surface area contributed by atoms with E-state index in [0.717, 1.165) is 42.9 Å². The highest BCUT2D eigenvalue weighted by atomic mass is 32.1. The highest BCUT2D eigenvalue weighted by Gasteiger charge is 2.32. The van der Waals surface area contributed by atoms with Gasteiger partial charge in [0.15, 0.2) is 5.11 Å². The van der Waals surface area contributed by atoms with Gasteiger partial charge in [-0.05, 0) is 61.7 Å². The van der Waals surface area contributed by atoms with E-state index in [1.165, 1.54) is 11.3 Å². The van der Waals surface area contributed by atoms with Crippen LogP contribution in [0.2, 0.25) is 0 Å². The SMILES string of the molecule is CCOC(=O)c1c(C2CC2)csc1NC(=S)NCC1CCCO1. The molecule has 3 rings (SSSR count). The molecule has 0 spiro atoms. The monoisotopic (exact) mass is 354 g/mol. The highest BCUT2D eigenvalue weighted by Crippen LogP contribution is 2.46. The van der Waals surface area contributed by atoms with E-state index >= 15 is 0 Å². The number of esters is 1. The fourth-order valence-corrected chi connectivity index (χ4v) is 4.02. The maximum absolute atomic E-state index is 12.3. The first-order valence-electron chi connectivity index (χ1n) is 8.14. The Hall–Kier alpha value is -1.18. The summed E-state index contributed by atoms with van der Waals surface area (Å²) in [4.78, 5) is 12.3. The summed E-state index contributed by atoms with van der Waals surface area (Å²) in [5, 5.41) is 9.68. The average Bonchev–Trinajstić information content (AvgIpc) is 3.08. The fourth-order valence-electron chi connectivity index (χ4n) is 2.73. The minimum Gasteiger partial charge on any atom is -0.462 e. The van der Waals surface area contributed by atoms with Crippen molar-refractivity contribution in [2.75, 3.05) is 25.1 Å². The fraction of sp³-hybridized carbons (Fsp3) is 0.625. The van der Waals surface area contributed by atoms with E-state index in [0.29, 0.717) is 29.7 Å². The molecule has 1 saturated heterocycles. The number of hydrogen-bond acceptors (Lipinski definition) is 5. The van der Waals surface area contributed by atoms with E-state index < -0.39 is 0 Å². The summed E-state index contributed by atoms with van der Waals surface area (Å²) in [6.07, 6.45) is 4.68. The van der Waals surface area contributed by atoms with Crippen molar-refractivity contribution in [2.24, 2.45) is 0 Å². The molecule has 126 valence electrons. The average molecular weight is 354 g/mol. The Bertz CT molecular complexity index is 578. The molecule has 1 aromatic heterocycles. The van der Waals surface area contributed by atoms with Gasteiger partial charge in [-0.15, -0.1) is 11.3 Å². The molecule has 0 aromatic carbocycles. The smallest absolute Gasteiger partial charge is 0.341 e. The van der Waals surface area contributed by atoms with E-state index in [1.54, 1.807) is 0 Å². The Morgan fingerprint density at radius 2 is 2.30 bits per heavy atom. The molecule has 2 fully saturated rings. The minimum absolute atomic E-state index is 0.227. The van der Waals surface area contributed by atoms with Gasteiger partial charge in [0, 0.05) is 13.2 Å². The number of carbonyl (C=O) groups is 1. The summed E-state index contributed by atoms with van der Waals surface area (Å²) in [5.41, 5.74) is 1.75. The van der Waals surface area contributed by atoms with Crippen molar-refractivity contribution in [1.29, 1.82) is 0 Å². The summed E-state index contributed by atoms with van der Waals surface area (Å²) >= 11 is 6.86. The molecule has 1 saturated carbocycles. The van der Waals surface area contributed by atoms with Crippen molar-refractivity contribution in [3.63, 3.8) is 0 Å². The van der Waals surface area contributed by atoms with Crippen LogP contribution < -0.4 is 10.6 Å². The summed E-state index contributed by atoms with van der Waals surface area (Å²) in [6, 6.07) is 0. The van der Waals surface area contributed by atoms with Crippen LogP contribution in [-0.2, 0) is 9.47 Å². The van der Waals surface area contributed by atoms with E-state index in [4.69, 9.17) is 21.7 Å². The van der Waals surface area contributed by atoms with Gasteiger partial charge in [-0.3, -0.25) is 0 Å². The van der Waals surface area contributed by atoms with E-state index in [-0.39, 0.29) is 12.1 Å². The van der Waals surface area contributed by atoms with Gasteiger partial charge in [-0.1, -0.05) is 0 Å². The lowest BCUT2D eigenvalue weighted by molar-refractivity contribution is 0.0527. The Morgan fingerprint density at radius 3 is 2.96 bits per heavy atom. The van der Waals surface area contributed by atoms with Crippen molar-refractivity contribution >= 4 is 39.6 Å². The van der Waals surface area contributed by atoms with Crippen LogP contribution in [0.1, 0.15) is 54.4 Å². The van der Waals surface area contributed by atoms with Crippen LogP contribution in [0, 0.1) is 0 Å². The van der Waals surface area contributed by atoms with E-state index in [2.05, 4.69) is 16.0 Å². The number of anilines is 1. The molecule has 2 N–H and O–H groups in total. The molecule has 0 amide bonds. The van der Waals surface area contributed by atoms with Crippen molar-refractivity contribution in [3.8, 4) is 0 Å². The molecule has 23 heavy (non-hydrogen) atoms. The van der Waals surface area contributed by atoms with Gasteiger partial charge in [0.2, 0.25) is 0 Å². The lowest BCUT2D eigenvalue weighted by Crippen LogP contribution is -2.35. The van der Waals surface area contributed by atoms with Gasteiger partial charge in [0.1, 0.15) is 5.00 Å². The van der Waals surface area contributed by atoms with Crippen LogP contribution in [0.15, 0.2) is 5.38 Å². The zero-order chi connectivity index (χ0) is 16.2. The second-order valence-corrected chi connectivity index (χ2v) is 7.15. The minimum atomic E-state index is -0.264. The maximum Gasteiger partial charge on any atom is 0.341 e. The molecule has 2 aliphatic rings. The van der Waals surface area contributed by atoms with Crippen LogP contribution in [-0.4, -0.2) is 36.9 Å².